The van der Waals surface area contributed by atoms with Gasteiger partial charge in [-0.15, -0.1) is 0 Å². The van der Waals surface area contributed by atoms with E-state index in [-0.39, 0.29) is 19.1 Å². The SMILES string of the molecule is O=C(NC1N=C(c2ccccc2)c2ccccc2N(CC(=O)N2CCCC2)C1=O)OCc1ccccc1. The summed E-state index contributed by atoms with van der Waals surface area (Å²) in [5.41, 5.74) is 3.44. The molecule has 2 aliphatic heterocycles. The lowest BCUT2D eigenvalue weighted by atomic mass is 10.0. The molecule has 3 amide bonds. The Balaban J connectivity index is 1.47. The molecule has 188 valence electrons. The molecule has 1 saturated heterocycles. The predicted molar refractivity (Wildman–Crippen MR) is 140 cm³/mol. The summed E-state index contributed by atoms with van der Waals surface area (Å²) in [7, 11) is 0. The number of alkyl carbamates (subject to hydrolysis) is 1. The van der Waals surface area contributed by atoms with Gasteiger partial charge in [0.25, 0.3) is 5.91 Å². The van der Waals surface area contributed by atoms with E-state index in [4.69, 9.17) is 9.73 Å². The number of aliphatic imine (C=N–C) groups is 1. The molecular formula is C29H28N4O4. The number of nitrogens with zero attached hydrogens (tertiary/aromatic N) is 3. The third-order valence-electron chi connectivity index (χ3n) is 6.47. The van der Waals surface area contributed by atoms with Crippen LogP contribution in [0.4, 0.5) is 10.5 Å². The minimum absolute atomic E-state index is 0.0558. The van der Waals surface area contributed by atoms with E-state index in [1.54, 1.807) is 11.0 Å². The predicted octanol–water partition coefficient (Wildman–Crippen LogP) is 3.75. The monoisotopic (exact) mass is 496 g/mol. The van der Waals surface area contributed by atoms with Crippen LogP contribution in [0.1, 0.15) is 29.5 Å². The van der Waals surface area contributed by atoms with Crippen LogP contribution in [-0.4, -0.2) is 54.3 Å². The molecule has 8 heteroatoms. The summed E-state index contributed by atoms with van der Waals surface area (Å²) in [5.74, 6) is -0.628. The molecule has 1 fully saturated rings. The molecular weight excluding hydrogens is 468 g/mol. The fourth-order valence-corrected chi connectivity index (χ4v) is 4.59. The molecule has 37 heavy (non-hydrogen) atoms. The fraction of sp³-hybridized carbons (Fsp3) is 0.241. The zero-order chi connectivity index (χ0) is 25.6. The van der Waals surface area contributed by atoms with Gasteiger partial charge in [0.2, 0.25) is 12.1 Å². The lowest BCUT2D eigenvalue weighted by molar-refractivity contribution is -0.130. The molecule has 3 aromatic rings. The summed E-state index contributed by atoms with van der Waals surface area (Å²) in [6.07, 6.45) is -0.128. The van der Waals surface area contributed by atoms with Crippen molar-refractivity contribution in [1.82, 2.24) is 10.2 Å². The summed E-state index contributed by atoms with van der Waals surface area (Å²) in [6, 6.07) is 26.1. The number of anilines is 1. The maximum absolute atomic E-state index is 13.8. The minimum atomic E-state index is -1.27. The molecule has 0 bridgehead atoms. The third kappa shape index (κ3) is 5.53. The lowest BCUT2D eigenvalue weighted by Gasteiger charge is -2.27. The number of carbonyl (C=O) groups excluding carboxylic acids is 3. The van der Waals surface area contributed by atoms with Gasteiger partial charge in [0.1, 0.15) is 13.2 Å². The largest absolute Gasteiger partial charge is 0.445 e. The molecule has 5 rings (SSSR count). The maximum atomic E-state index is 13.8. The van der Waals surface area contributed by atoms with Crippen LogP contribution in [-0.2, 0) is 20.9 Å². The van der Waals surface area contributed by atoms with Gasteiger partial charge in [-0.2, -0.15) is 0 Å². The van der Waals surface area contributed by atoms with Crippen LogP contribution < -0.4 is 10.2 Å². The molecule has 2 heterocycles. The molecule has 0 aromatic heterocycles. The smallest absolute Gasteiger partial charge is 0.409 e. The highest BCUT2D eigenvalue weighted by Gasteiger charge is 2.35. The Bertz CT molecular complexity index is 1300. The molecule has 3 aromatic carbocycles. The van der Waals surface area contributed by atoms with Crippen molar-refractivity contribution >= 4 is 29.3 Å². The van der Waals surface area contributed by atoms with Crippen LogP contribution >= 0.6 is 0 Å². The standard InChI is InChI=1S/C29H28N4O4/c34-25(32-17-9-10-18-32)19-33-24-16-8-7-15-23(24)26(22-13-5-2-6-14-22)30-27(28(33)35)31-29(36)37-20-21-11-3-1-4-12-21/h1-8,11-16,27H,9-10,17-20H2,(H,31,36). The summed E-state index contributed by atoms with van der Waals surface area (Å²) >= 11 is 0. The van der Waals surface area contributed by atoms with Crippen LogP contribution in [0, 0.1) is 0 Å². The highest BCUT2D eigenvalue weighted by molar-refractivity contribution is 6.20. The van der Waals surface area contributed by atoms with Crippen LogP contribution in [0.15, 0.2) is 89.9 Å². The summed E-state index contributed by atoms with van der Waals surface area (Å²) in [6.45, 7) is 1.29. The second-order valence-electron chi connectivity index (χ2n) is 8.98. The van der Waals surface area contributed by atoms with Crippen molar-refractivity contribution in [3.8, 4) is 0 Å². The molecule has 0 aliphatic carbocycles. The Morgan fingerprint density at radius 1 is 0.892 bits per heavy atom. The number of benzodiazepines with no additional fused rings is 1. The normalized spacial score (nSPS) is 17.0. The number of carbonyl (C=O) groups is 3. The van der Waals surface area contributed by atoms with Gasteiger partial charge in [0.05, 0.1) is 11.4 Å². The number of hydrogen-bond donors (Lipinski definition) is 1. The highest BCUT2D eigenvalue weighted by atomic mass is 16.5. The molecule has 1 atom stereocenters. The summed E-state index contributed by atoms with van der Waals surface area (Å²) in [5, 5.41) is 2.62. The molecule has 1 unspecified atom stereocenters. The third-order valence-corrected chi connectivity index (χ3v) is 6.47. The number of ether oxygens (including phenoxy) is 1. The number of nitrogens with one attached hydrogen (secondary N) is 1. The Labute approximate surface area is 215 Å². The molecule has 0 saturated carbocycles. The average molecular weight is 497 g/mol. The van der Waals surface area contributed by atoms with Gasteiger partial charge < -0.3 is 9.64 Å². The Kier molecular flexibility index (Phi) is 7.26. The first-order chi connectivity index (χ1) is 18.1. The molecule has 2 aliphatic rings. The van der Waals surface area contributed by atoms with Crippen LogP contribution in [0.2, 0.25) is 0 Å². The second-order valence-corrected chi connectivity index (χ2v) is 8.98. The van der Waals surface area contributed by atoms with E-state index < -0.39 is 18.2 Å². The first-order valence-electron chi connectivity index (χ1n) is 12.4. The van der Waals surface area contributed by atoms with Crippen molar-refractivity contribution in [3.05, 3.63) is 102 Å². The van der Waals surface area contributed by atoms with E-state index in [1.165, 1.54) is 4.90 Å². The van der Waals surface area contributed by atoms with Crippen LogP contribution in [0.3, 0.4) is 0 Å². The first-order valence-corrected chi connectivity index (χ1v) is 12.4. The van der Waals surface area contributed by atoms with E-state index in [0.717, 1.165) is 24.0 Å². The number of fused-ring (bicyclic) bond motifs is 1. The van der Waals surface area contributed by atoms with Crippen molar-refractivity contribution in [2.45, 2.75) is 25.6 Å². The quantitative estimate of drug-likeness (QED) is 0.563. The van der Waals surface area contributed by atoms with Gasteiger partial charge in [-0.25, -0.2) is 9.79 Å². The Hall–Kier alpha value is -4.46. The van der Waals surface area contributed by atoms with Crippen molar-refractivity contribution in [1.29, 1.82) is 0 Å². The van der Waals surface area contributed by atoms with Gasteiger partial charge in [-0.05, 0) is 24.5 Å². The molecule has 1 N–H and O–H groups in total. The maximum Gasteiger partial charge on any atom is 0.409 e. The van der Waals surface area contributed by atoms with Gasteiger partial charge in [0, 0.05) is 24.2 Å². The first kappa shape index (κ1) is 24.2. The fourth-order valence-electron chi connectivity index (χ4n) is 4.59. The Morgan fingerprint density at radius 2 is 1.54 bits per heavy atom. The van der Waals surface area contributed by atoms with E-state index in [0.29, 0.717) is 30.1 Å². The van der Waals surface area contributed by atoms with E-state index in [1.807, 2.05) is 78.9 Å². The number of rotatable bonds is 6. The molecule has 0 radical (unpaired) electrons. The van der Waals surface area contributed by atoms with Crippen LogP contribution in [0.25, 0.3) is 0 Å². The highest BCUT2D eigenvalue weighted by Crippen LogP contribution is 2.28. The van der Waals surface area contributed by atoms with Gasteiger partial charge in [-0.1, -0.05) is 78.9 Å². The number of likely N-dealkylation sites (tertiary alicyclic amines) is 1. The van der Waals surface area contributed by atoms with Crippen molar-refractivity contribution in [2.75, 3.05) is 24.5 Å². The topological polar surface area (TPSA) is 91.3 Å². The molecule has 8 nitrogen and oxygen atoms in total. The number of benzene rings is 3. The van der Waals surface area contributed by atoms with E-state index in [9.17, 15) is 14.4 Å². The number of para-hydroxylation sites is 1. The number of amides is 3. The van der Waals surface area contributed by atoms with E-state index >= 15 is 0 Å². The van der Waals surface area contributed by atoms with Crippen molar-refractivity contribution < 1.29 is 19.1 Å². The van der Waals surface area contributed by atoms with Gasteiger partial charge >= 0.3 is 6.09 Å². The zero-order valence-electron chi connectivity index (χ0n) is 20.4. The second kappa shape index (κ2) is 11.1. The van der Waals surface area contributed by atoms with Gasteiger partial charge in [0.15, 0.2) is 0 Å². The molecule has 0 spiro atoms. The van der Waals surface area contributed by atoms with Gasteiger partial charge in [-0.3, -0.25) is 19.8 Å². The zero-order valence-corrected chi connectivity index (χ0v) is 20.4. The van der Waals surface area contributed by atoms with Crippen molar-refractivity contribution in [3.63, 3.8) is 0 Å². The average Bonchev–Trinajstić information content (AvgIpc) is 3.46. The summed E-state index contributed by atoms with van der Waals surface area (Å²) < 4.78 is 5.37. The summed E-state index contributed by atoms with van der Waals surface area (Å²) in [4.78, 5) is 47.6. The number of hydrogen-bond acceptors (Lipinski definition) is 5. The lowest BCUT2D eigenvalue weighted by Crippen LogP contribution is -2.50. The Morgan fingerprint density at radius 3 is 2.27 bits per heavy atom. The van der Waals surface area contributed by atoms with Crippen molar-refractivity contribution in [2.24, 2.45) is 4.99 Å². The van der Waals surface area contributed by atoms with Crippen LogP contribution in [0.5, 0.6) is 0 Å². The minimum Gasteiger partial charge on any atom is -0.445 e. The van der Waals surface area contributed by atoms with E-state index in [2.05, 4.69) is 5.32 Å².